The number of nitrogens with two attached hydrogens (primary N) is 1. The van der Waals surface area contributed by atoms with Crippen molar-refractivity contribution in [1.29, 1.82) is 0 Å². The zero-order valence-electron chi connectivity index (χ0n) is 16.9. The first-order chi connectivity index (χ1) is 14.5. The van der Waals surface area contributed by atoms with E-state index in [9.17, 15) is 14.4 Å². The molecular weight excluding hydrogens is 382 g/mol. The van der Waals surface area contributed by atoms with Gasteiger partial charge in [-0.15, -0.1) is 0 Å². The number of primary amides is 1. The van der Waals surface area contributed by atoms with Crippen molar-refractivity contribution < 1.29 is 19.1 Å². The molecule has 2 aliphatic heterocycles. The summed E-state index contributed by atoms with van der Waals surface area (Å²) >= 11 is 0. The summed E-state index contributed by atoms with van der Waals surface area (Å²) in [5.74, 6) is -0.580. The van der Waals surface area contributed by atoms with E-state index in [0.29, 0.717) is 19.4 Å². The van der Waals surface area contributed by atoms with Crippen molar-refractivity contribution in [2.24, 2.45) is 5.73 Å². The van der Waals surface area contributed by atoms with Crippen LogP contribution in [0.4, 0.5) is 5.69 Å². The Morgan fingerprint density at radius 2 is 1.93 bits per heavy atom. The van der Waals surface area contributed by atoms with Gasteiger partial charge in [0.15, 0.2) is 6.61 Å². The molecule has 0 unspecified atom stereocenters. The highest BCUT2D eigenvalue weighted by Crippen LogP contribution is 2.49. The normalized spacial score (nSPS) is 22.1. The van der Waals surface area contributed by atoms with Crippen molar-refractivity contribution in [3.8, 4) is 5.75 Å². The summed E-state index contributed by atoms with van der Waals surface area (Å²) in [5, 5.41) is 3.00. The third-order valence-corrected chi connectivity index (χ3v) is 6.14. The number of fused-ring (bicyclic) bond motifs is 2. The van der Waals surface area contributed by atoms with Gasteiger partial charge in [-0.25, -0.2) is 0 Å². The van der Waals surface area contributed by atoms with Gasteiger partial charge in [0.25, 0.3) is 11.8 Å². The first-order valence-electron chi connectivity index (χ1n) is 10.2. The fourth-order valence-corrected chi connectivity index (χ4v) is 4.79. The van der Waals surface area contributed by atoms with Crippen LogP contribution >= 0.6 is 0 Å². The van der Waals surface area contributed by atoms with Crippen LogP contribution in [-0.4, -0.2) is 41.8 Å². The lowest BCUT2D eigenvalue weighted by Gasteiger charge is -2.34. The summed E-state index contributed by atoms with van der Waals surface area (Å²) in [4.78, 5) is 39.5. The lowest BCUT2D eigenvalue weighted by Crippen LogP contribution is -2.49. The monoisotopic (exact) mass is 407 g/mol. The van der Waals surface area contributed by atoms with Gasteiger partial charge < -0.3 is 20.7 Å². The summed E-state index contributed by atoms with van der Waals surface area (Å²) in [7, 11) is 0. The van der Waals surface area contributed by atoms with Crippen molar-refractivity contribution >= 4 is 23.4 Å². The van der Waals surface area contributed by atoms with Gasteiger partial charge in [0, 0.05) is 12.2 Å². The molecule has 2 atom stereocenters. The van der Waals surface area contributed by atoms with Crippen LogP contribution in [0.25, 0.3) is 0 Å². The molecule has 2 aromatic carbocycles. The minimum absolute atomic E-state index is 0.0440. The minimum atomic E-state index is -0.729. The van der Waals surface area contributed by atoms with Crippen LogP contribution in [-0.2, 0) is 15.0 Å². The third kappa shape index (κ3) is 3.10. The highest BCUT2D eigenvalue weighted by Gasteiger charge is 2.58. The average molecular weight is 407 g/mol. The molecule has 0 aromatic heterocycles. The number of benzene rings is 2. The van der Waals surface area contributed by atoms with E-state index >= 15 is 0 Å². The van der Waals surface area contributed by atoms with Gasteiger partial charge in [0.05, 0.1) is 17.0 Å². The Morgan fingerprint density at radius 1 is 1.20 bits per heavy atom. The largest absolute Gasteiger partial charge is 0.483 e. The Kier molecular flexibility index (Phi) is 5.20. The lowest BCUT2D eigenvalue weighted by atomic mass is 9.73. The molecule has 7 nitrogen and oxygen atoms in total. The molecule has 7 heteroatoms. The fraction of sp³-hybridized carbons (Fsp3) is 0.348. The van der Waals surface area contributed by atoms with E-state index in [1.807, 2.05) is 31.2 Å². The number of hydrogen-bond donors (Lipinski definition) is 2. The summed E-state index contributed by atoms with van der Waals surface area (Å²) in [6.07, 6.45) is 2.13. The Morgan fingerprint density at radius 3 is 2.70 bits per heavy atom. The molecule has 1 fully saturated rings. The second-order valence-corrected chi connectivity index (χ2v) is 7.76. The number of rotatable bonds is 6. The standard InChI is InChI=1S/C23H25N3O4/c1-2-7-19-23(16-9-4-5-10-17(16)25-22(23)29)12-13-26(19)20(27)14-30-18-11-6-3-8-15(18)21(24)28/h3-6,8-11,19H,2,7,12-14H2,1H3,(H2,24,28)(H,25,29)/t19-,23+/m0/s1. The minimum Gasteiger partial charge on any atom is -0.483 e. The van der Waals surface area contributed by atoms with Crippen LogP contribution in [0.3, 0.4) is 0 Å². The second kappa shape index (κ2) is 7.82. The number of para-hydroxylation sites is 2. The van der Waals surface area contributed by atoms with E-state index in [2.05, 4.69) is 5.32 Å². The number of likely N-dealkylation sites (tertiary alicyclic amines) is 1. The molecule has 0 aliphatic carbocycles. The van der Waals surface area contributed by atoms with Gasteiger partial charge in [-0.2, -0.15) is 0 Å². The Balaban J connectivity index is 1.57. The SMILES string of the molecule is CCC[C@@H]1N(C(=O)COc2ccccc2C(N)=O)CC[C@]12C(=O)Nc1ccccc12. The number of nitrogens with zero attached hydrogens (tertiary/aromatic N) is 1. The van der Waals surface area contributed by atoms with Crippen LogP contribution < -0.4 is 15.8 Å². The molecule has 0 bridgehead atoms. The summed E-state index contributed by atoms with van der Waals surface area (Å²) in [6.45, 7) is 2.31. The van der Waals surface area contributed by atoms with Crippen LogP contribution in [0.15, 0.2) is 48.5 Å². The van der Waals surface area contributed by atoms with Crippen molar-refractivity contribution in [2.45, 2.75) is 37.6 Å². The quantitative estimate of drug-likeness (QED) is 0.768. The van der Waals surface area contributed by atoms with Gasteiger partial charge in [-0.1, -0.05) is 43.7 Å². The molecule has 0 saturated carbocycles. The molecule has 1 spiro atoms. The van der Waals surface area contributed by atoms with Gasteiger partial charge in [0.2, 0.25) is 5.91 Å². The van der Waals surface area contributed by atoms with Crippen LogP contribution in [0, 0.1) is 0 Å². The predicted molar refractivity (Wildman–Crippen MR) is 112 cm³/mol. The zero-order chi connectivity index (χ0) is 21.3. The average Bonchev–Trinajstić information content (AvgIpc) is 3.26. The maximum Gasteiger partial charge on any atom is 0.260 e. The van der Waals surface area contributed by atoms with Gasteiger partial charge in [-0.3, -0.25) is 14.4 Å². The maximum atomic E-state index is 13.1. The van der Waals surface area contributed by atoms with Crippen LogP contribution in [0.2, 0.25) is 0 Å². The molecule has 4 rings (SSSR count). The predicted octanol–water partition coefficient (Wildman–Crippen LogP) is 2.46. The zero-order valence-corrected chi connectivity index (χ0v) is 16.9. The molecule has 2 aromatic rings. The van der Waals surface area contributed by atoms with Crippen LogP contribution in [0.5, 0.6) is 5.75 Å². The van der Waals surface area contributed by atoms with E-state index < -0.39 is 11.3 Å². The summed E-state index contributed by atoms with van der Waals surface area (Å²) in [5.41, 5.74) is 6.68. The Bertz CT molecular complexity index is 1010. The second-order valence-electron chi connectivity index (χ2n) is 7.76. The molecular formula is C23H25N3O4. The molecule has 0 radical (unpaired) electrons. The lowest BCUT2D eigenvalue weighted by molar-refractivity contribution is -0.135. The molecule has 2 aliphatic rings. The maximum absolute atomic E-state index is 13.1. The first kappa shape index (κ1) is 19.9. The number of amides is 3. The van der Waals surface area contributed by atoms with Crippen molar-refractivity contribution in [1.82, 2.24) is 4.90 Å². The Labute approximate surface area is 175 Å². The van der Waals surface area contributed by atoms with Crippen LogP contribution in [0.1, 0.15) is 42.1 Å². The first-order valence-corrected chi connectivity index (χ1v) is 10.2. The highest BCUT2D eigenvalue weighted by atomic mass is 16.5. The van der Waals surface area contributed by atoms with Gasteiger partial charge in [-0.05, 0) is 36.6 Å². The van der Waals surface area contributed by atoms with Gasteiger partial charge >= 0.3 is 0 Å². The van der Waals surface area contributed by atoms with Crippen molar-refractivity contribution in [3.05, 3.63) is 59.7 Å². The fourth-order valence-electron chi connectivity index (χ4n) is 4.79. The van der Waals surface area contributed by atoms with Crippen molar-refractivity contribution in [2.75, 3.05) is 18.5 Å². The molecule has 2 heterocycles. The van der Waals surface area contributed by atoms with Gasteiger partial charge in [0.1, 0.15) is 5.75 Å². The van der Waals surface area contributed by atoms with E-state index in [1.165, 1.54) is 0 Å². The van der Waals surface area contributed by atoms with Crippen molar-refractivity contribution in [3.63, 3.8) is 0 Å². The molecule has 156 valence electrons. The van der Waals surface area contributed by atoms with E-state index in [-0.39, 0.29) is 35.8 Å². The topological polar surface area (TPSA) is 102 Å². The van der Waals surface area contributed by atoms with E-state index in [4.69, 9.17) is 10.5 Å². The number of carbonyl (C=O) groups is 3. The summed E-state index contributed by atoms with van der Waals surface area (Å²) < 4.78 is 5.65. The van der Waals surface area contributed by atoms with E-state index in [1.54, 1.807) is 29.2 Å². The molecule has 3 amide bonds. The number of carbonyl (C=O) groups excluding carboxylic acids is 3. The number of nitrogens with one attached hydrogen (secondary N) is 1. The number of anilines is 1. The third-order valence-electron chi connectivity index (χ3n) is 6.14. The highest BCUT2D eigenvalue weighted by molar-refractivity contribution is 6.07. The number of hydrogen-bond acceptors (Lipinski definition) is 4. The smallest absolute Gasteiger partial charge is 0.260 e. The summed E-state index contributed by atoms with van der Waals surface area (Å²) in [6, 6.07) is 14.0. The number of ether oxygens (including phenoxy) is 1. The molecule has 30 heavy (non-hydrogen) atoms. The van der Waals surface area contributed by atoms with E-state index in [0.717, 1.165) is 17.7 Å². The Hall–Kier alpha value is -3.35. The molecule has 1 saturated heterocycles. The molecule has 3 N–H and O–H groups in total.